The van der Waals surface area contributed by atoms with Crippen molar-refractivity contribution in [2.24, 2.45) is 5.73 Å². The van der Waals surface area contributed by atoms with Crippen LogP contribution in [0.3, 0.4) is 0 Å². The van der Waals surface area contributed by atoms with Gasteiger partial charge in [0.25, 0.3) is 0 Å². The Morgan fingerprint density at radius 1 is 1.78 bits per heavy atom. The van der Waals surface area contributed by atoms with Crippen molar-refractivity contribution >= 4 is 5.78 Å². The van der Waals surface area contributed by atoms with Crippen molar-refractivity contribution in [2.45, 2.75) is 25.0 Å². The smallest absolute Gasteiger partial charge is 0.139 e. The van der Waals surface area contributed by atoms with Crippen LogP contribution in [0.1, 0.15) is 12.8 Å². The number of carbonyl (C=O) groups is 1. The van der Waals surface area contributed by atoms with Gasteiger partial charge < -0.3 is 10.8 Å². The third-order valence-electron chi connectivity index (χ3n) is 1.52. The van der Waals surface area contributed by atoms with Gasteiger partial charge in [-0.1, -0.05) is 0 Å². The zero-order valence-electron chi connectivity index (χ0n) is 5.08. The molecule has 0 bridgehead atoms. The number of hydrogen-bond donors (Lipinski definition) is 2. The second kappa shape index (κ2) is 2.45. The molecular weight excluding hydrogens is 118 g/mol. The summed E-state index contributed by atoms with van der Waals surface area (Å²) in [5.41, 5.74) is 5.41. The first kappa shape index (κ1) is 6.71. The summed E-state index contributed by atoms with van der Waals surface area (Å²) in [6, 6.07) is -0.234. The molecule has 1 radical (unpaired) electrons. The minimum absolute atomic E-state index is 0.00389. The van der Waals surface area contributed by atoms with Gasteiger partial charge in [-0.2, -0.15) is 0 Å². The molecule has 9 heavy (non-hydrogen) atoms. The first-order valence-corrected chi connectivity index (χ1v) is 3.00. The lowest BCUT2D eigenvalue weighted by Crippen LogP contribution is -2.40. The van der Waals surface area contributed by atoms with Crippen LogP contribution in [0.5, 0.6) is 0 Å². The summed E-state index contributed by atoms with van der Waals surface area (Å²) in [5, 5.41) is 8.98. The maximum absolute atomic E-state index is 10.5. The van der Waals surface area contributed by atoms with Crippen molar-refractivity contribution in [2.75, 3.05) is 0 Å². The van der Waals surface area contributed by atoms with Gasteiger partial charge >= 0.3 is 0 Å². The molecule has 3 heteroatoms. The van der Waals surface area contributed by atoms with E-state index in [0.717, 1.165) is 0 Å². The molecule has 3 nitrogen and oxygen atoms in total. The fourth-order valence-corrected chi connectivity index (χ4v) is 0.865. The highest BCUT2D eigenvalue weighted by molar-refractivity contribution is 5.88. The predicted octanol–water partition coefficient (Wildman–Crippen LogP) is -0.758. The number of Topliss-reactive ketones (excluding diaryl/α,β-unsaturated/α-hetero) is 1. The highest BCUT2D eigenvalue weighted by Gasteiger charge is 2.24. The fourth-order valence-electron chi connectivity index (χ4n) is 0.865. The van der Waals surface area contributed by atoms with Gasteiger partial charge in [-0.3, -0.25) is 4.79 Å². The Bertz CT molecular complexity index is 124. The first-order chi connectivity index (χ1) is 4.20. The van der Waals surface area contributed by atoms with Gasteiger partial charge in [-0.25, -0.2) is 0 Å². The predicted molar refractivity (Wildman–Crippen MR) is 32.5 cm³/mol. The fraction of sp³-hybridized carbons (Fsp3) is 0.667. The Morgan fingerprint density at radius 2 is 2.44 bits per heavy atom. The standard InChI is InChI=1S/C6H10NO2/c7-5-2-1-4(8)3-6(5)9/h1,5-6,9H,2-3,7H2. The van der Waals surface area contributed by atoms with Crippen LogP contribution in [0.25, 0.3) is 0 Å². The Kier molecular flexibility index (Phi) is 1.83. The number of nitrogens with two attached hydrogens (primary N) is 1. The molecule has 1 aliphatic rings. The van der Waals surface area contributed by atoms with Gasteiger partial charge in [-0.05, 0) is 6.42 Å². The van der Waals surface area contributed by atoms with Crippen molar-refractivity contribution < 1.29 is 9.90 Å². The van der Waals surface area contributed by atoms with Crippen LogP contribution in [0.4, 0.5) is 0 Å². The Labute approximate surface area is 53.9 Å². The van der Waals surface area contributed by atoms with E-state index in [4.69, 9.17) is 10.8 Å². The van der Waals surface area contributed by atoms with Crippen LogP contribution in [-0.2, 0) is 4.79 Å². The zero-order chi connectivity index (χ0) is 6.85. The van der Waals surface area contributed by atoms with Crippen LogP contribution in [0, 0.1) is 6.42 Å². The summed E-state index contributed by atoms with van der Waals surface area (Å²) < 4.78 is 0. The van der Waals surface area contributed by atoms with Gasteiger partial charge in [0.05, 0.1) is 6.10 Å². The monoisotopic (exact) mass is 128 g/mol. The molecular formula is C6H10NO2. The third-order valence-corrected chi connectivity index (χ3v) is 1.52. The summed E-state index contributed by atoms with van der Waals surface area (Å²) in [6.07, 6.45) is 1.63. The minimum Gasteiger partial charge on any atom is -0.391 e. The Morgan fingerprint density at radius 3 is 2.89 bits per heavy atom. The van der Waals surface area contributed by atoms with E-state index in [1.807, 2.05) is 0 Å². The number of carbonyl (C=O) groups excluding carboxylic acids is 1. The highest BCUT2D eigenvalue weighted by atomic mass is 16.3. The topological polar surface area (TPSA) is 63.3 Å². The molecule has 1 aliphatic carbocycles. The molecule has 3 N–H and O–H groups in total. The average Bonchev–Trinajstić information content (AvgIpc) is 1.80. The van der Waals surface area contributed by atoms with E-state index in [-0.39, 0.29) is 18.2 Å². The SMILES string of the molecule is NC1C[CH]C(=O)CC1O. The second-order valence-corrected chi connectivity index (χ2v) is 2.34. The van der Waals surface area contributed by atoms with Crippen LogP contribution in [0.15, 0.2) is 0 Å². The number of rotatable bonds is 0. The average molecular weight is 128 g/mol. The van der Waals surface area contributed by atoms with Crippen LogP contribution in [-0.4, -0.2) is 23.0 Å². The van der Waals surface area contributed by atoms with E-state index < -0.39 is 6.10 Å². The van der Waals surface area contributed by atoms with Gasteiger partial charge in [0.1, 0.15) is 5.78 Å². The molecule has 0 heterocycles. The van der Waals surface area contributed by atoms with E-state index in [9.17, 15) is 4.79 Å². The van der Waals surface area contributed by atoms with Crippen LogP contribution in [0.2, 0.25) is 0 Å². The van der Waals surface area contributed by atoms with Gasteiger partial charge in [0, 0.05) is 18.9 Å². The summed E-state index contributed by atoms with van der Waals surface area (Å²) in [7, 11) is 0. The van der Waals surface area contributed by atoms with Crippen molar-refractivity contribution in [1.29, 1.82) is 0 Å². The number of aliphatic hydroxyl groups excluding tert-OH is 1. The summed E-state index contributed by atoms with van der Waals surface area (Å²) in [6.45, 7) is 0. The largest absolute Gasteiger partial charge is 0.391 e. The third kappa shape index (κ3) is 1.50. The van der Waals surface area contributed by atoms with E-state index >= 15 is 0 Å². The normalized spacial score (nSPS) is 36.9. The van der Waals surface area contributed by atoms with Crippen LogP contribution >= 0.6 is 0 Å². The molecule has 0 spiro atoms. The van der Waals surface area contributed by atoms with Crippen molar-refractivity contribution in [3.05, 3.63) is 6.42 Å². The lowest BCUT2D eigenvalue weighted by Gasteiger charge is -2.22. The van der Waals surface area contributed by atoms with Crippen molar-refractivity contribution in [3.63, 3.8) is 0 Å². The Balaban J connectivity index is 2.44. The van der Waals surface area contributed by atoms with Crippen molar-refractivity contribution in [3.8, 4) is 0 Å². The molecule has 51 valence electrons. The Hall–Kier alpha value is -0.410. The zero-order valence-corrected chi connectivity index (χ0v) is 5.08. The van der Waals surface area contributed by atoms with E-state index in [1.54, 1.807) is 0 Å². The molecule has 0 saturated heterocycles. The van der Waals surface area contributed by atoms with Gasteiger partial charge in [0.2, 0.25) is 0 Å². The summed E-state index contributed by atoms with van der Waals surface area (Å²) in [5.74, 6) is 0.00389. The van der Waals surface area contributed by atoms with E-state index in [0.29, 0.717) is 6.42 Å². The lowest BCUT2D eigenvalue weighted by atomic mass is 9.92. The summed E-state index contributed by atoms with van der Waals surface area (Å²) >= 11 is 0. The molecule has 1 rings (SSSR count). The van der Waals surface area contributed by atoms with Gasteiger partial charge in [0.15, 0.2) is 0 Å². The minimum atomic E-state index is -0.623. The van der Waals surface area contributed by atoms with Gasteiger partial charge in [-0.15, -0.1) is 0 Å². The maximum Gasteiger partial charge on any atom is 0.139 e. The lowest BCUT2D eigenvalue weighted by molar-refractivity contribution is -0.119. The van der Waals surface area contributed by atoms with Crippen molar-refractivity contribution in [1.82, 2.24) is 0 Å². The number of aliphatic hydroxyl groups is 1. The molecule has 1 fully saturated rings. The highest BCUT2D eigenvalue weighted by Crippen LogP contribution is 2.12. The summed E-state index contributed by atoms with van der Waals surface area (Å²) in [4.78, 5) is 10.5. The maximum atomic E-state index is 10.5. The first-order valence-electron chi connectivity index (χ1n) is 3.00. The molecule has 2 unspecified atom stereocenters. The number of hydrogen-bond acceptors (Lipinski definition) is 3. The molecule has 0 aromatic rings. The second-order valence-electron chi connectivity index (χ2n) is 2.34. The quantitative estimate of drug-likeness (QED) is 0.451. The van der Waals surface area contributed by atoms with E-state index in [2.05, 4.69) is 0 Å². The molecule has 1 saturated carbocycles. The molecule has 0 aliphatic heterocycles. The van der Waals surface area contributed by atoms with E-state index in [1.165, 1.54) is 6.42 Å². The molecule has 0 aromatic carbocycles. The molecule has 0 amide bonds. The molecule has 2 atom stereocenters. The molecule has 0 aromatic heterocycles. The number of ketones is 1. The van der Waals surface area contributed by atoms with Crippen LogP contribution < -0.4 is 5.73 Å².